The lowest BCUT2D eigenvalue weighted by atomic mass is 10.1. The Bertz CT molecular complexity index is 310. The van der Waals surface area contributed by atoms with E-state index in [-0.39, 0.29) is 0 Å². The van der Waals surface area contributed by atoms with Crippen LogP contribution in [0.2, 0.25) is 0 Å². The summed E-state index contributed by atoms with van der Waals surface area (Å²) in [7, 11) is 1.69. The zero-order valence-corrected chi connectivity index (χ0v) is 9.05. The van der Waals surface area contributed by atoms with E-state index in [9.17, 15) is 0 Å². The molecule has 0 aliphatic heterocycles. The maximum absolute atomic E-state index is 5.87. The summed E-state index contributed by atoms with van der Waals surface area (Å²) in [5.41, 5.74) is 10.1. The van der Waals surface area contributed by atoms with Crippen molar-refractivity contribution in [2.24, 2.45) is 0 Å². The predicted molar refractivity (Wildman–Crippen MR) is 60.7 cm³/mol. The Morgan fingerprint density at radius 1 is 1.29 bits per heavy atom. The third-order valence-electron chi connectivity index (χ3n) is 2.29. The van der Waals surface area contributed by atoms with Gasteiger partial charge in [-0.2, -0.15) is 0 Å². The third-order valence-corrected chi connectivity index (χ3v) is 2.29. The second-order valence-corrected chi connectivity index (χ2v) is 3.44. The van der Waals surface area contributed by atoms with Crippen molar-refractivity contribution in [1.82, 2.24) is 0 Å². The highest BCUT2D eigenvalue weighted by molar-refractivity contribution is 5.68. The zero-order valence-electron chi connectivity index (χ0n) is 9.05. The van der Waals surface area contributed by atoms with Gasteiger partial charge in [-0.3, -0.25) is 0 Å². The molecule has 3 heteroatoms. The molecule has 14 heavy (non-hydrogen) atoms. The molecule has 78 valence electrons. The Hall–Kier alpha value is -1.22. The first-order valence-corrected chi connectivity index (χ1v) is 4.74. The van der Waals surface area contributed by atoms with E-state index in [1.54, 1.807) is 7.11 Å². The predicted octanol–water partition coefficient (Wildman–Crippen LogP) is 1.94. The van der Waals surface area contributed by atoms with Gasteiger partial charge in [-0.05, 0) is 37.1 Å². The minimum absolute atomic E-state index is 0.687. The highest BCUT2D eigenvalue weighted by Crippen LogP contribution is 2.22. The average Bonchev–Trinajstić information content (AvgIpc) is 2.14. The van der Waals surface area contributed by atoms with Crippen LogP contribution in [-0.4, -0.2) is 20.3 Å². The molecule has 0 amide bonds. The van der Waals surface area contributed by atoms with E-state index in [1.165, 1.54) is 11.1 Å². The third kappa shape index (κ3) is 2.64. The van der Waals surface area contributed by atoms with Crippen molar-refractivity contribution in [2.45, 2.75) is 13.8 Å². The molecule has 0 bridgehead atoms. The summed E-state index contributed by atoms with van der Waals surface area (Å²) < 4.78 is 4.95. The van der Waals surface area contributed by atoms with Crippen LogP contribution in [0.5, 0.6) is 0 Å². The van der Waals surface area contributed by atoms with Crippen LogP contribution in [0, 0.1) is 13.8 Å². The Morgan fingerprint density at radius 2 is 1.93 bits per heavy atom. The number of ether oxygens (including phenoxy) is 1. The molecule has 0 aliphatic carbocycles. The smallest absolute Gasteiger partial charge is 0.0635 e. The highest BCUT2D eigenvalue weighted by atomic mass is 16.5. The van der Waals surface area contributed by atoms with Gasteiger partial charge in [-0.25, -0.2) is 0 Å². The van der Waals surface area contributed by atoms with Gasteiger partial charge in [0, 0.05) is 13.7 Å². The van der Waals surface area contributed by atoms with Crippen LogP contribution in [0.1, 0.15) is 11.1 Å². The van der Waals surface area contributed by atoms with Gasteiger partial charge in [0.05, 0.1) is 18.0 Å². The number of rotatable bonds is 4. The summed E-state index contributed by atoms with van der Waals surface area (Å²) in [5, 5.41) is 3.23. The molecule has 3 N–H and O–H groups in total. The summed E-state index contributed by atoms with van der Waals surface area (Å²) in [6.45, 7) is 5.61. The van der Waals surface area contributed by atoms with Crippen molar-refractivity contribution in [3.63, 3.8) is 0 Å². The molecule has 1 rings (SSSR count). The van der Waals surface area contributed by atoms with Gasteiger partial charge >= 0.3 is 0 Å². The van der Waals surface area contributed by atoms with Gasteiger partial charge in [0.25, 0.3) is 0 Å². The Kier molecular flexibility index (Phi) is 3.77. The summed E-state index contributed by atoms with van der Waals surface area (Å²) in [6.07, 6.45) is 0. The van der Waals surface area contributed by atoms with E-state index in [2.05, 4.69) is 25.2 Å². The number of benzene rings is 1. The summed E-state index contributed by atoms with van der Waals surface area (Å²) in [6, 6.07) is 4.06. The van der Waals surface area contributed by atoms with Gasteiger partial charge in [-0.15, -0.1) is 0 Å². The van der Waals surface area contributed by atoms with Gasteiger partial charge < -0.3 is 15.8 Å². The standard InChI is InChI=1S/C11H18N2O/c1-8-6-10(12)11(7-9(8)2)13-4-5-14-3/h6-7,13H,4-5,12H2,1-3H3. The second-order valence-electron chi connectivity index (χ2n) is 3.44. The highest BCUT2D eigenvalue weighted by Gasteiger charge is 2.01. The molecule has 0 radical (unpaired) electrons. The van der Waals surface area contributed by atoms with Crippen LogP contribution in [0.4, 0.5) is 11.4 Å². The minimum Gasteiger partial charge on any atom is -0.397 e. The number of nitrogens with two attached hydrogens (primary N) is 1. The lowest BCUT2D eigenvalue weighted by Crippen LogP contribution is -2.09. The lowest BCUT2D eigenvalue weighted by molar-refractivity contribution is 0.211. The quantitative estimate of drug-likeness (QED) is 0.569. The lowest BCUT2D eigenvalue weighted by Gasteiger charge is -2.11. The maximum Gasteiger partial charge on any atom is 0.0635 e. The molecule has 0 spiro atoms. The topological polar surface area (TPSA) is 47.3 Å². The van der Waals surface area contributed by atoms with Crippen molar-refractivity contribution < 1.29 is 4.74 Å². The first-order chi connectivity index (χ1) is 6.65. The molecule has 0 atom stereocenters. The number of nitrogen functional groups attached to an aromatic ring is 1. The van der Waals surface area contributed by atoms with Crippen LogP contribution in [0.3, 0.4) is 0 Å². The minimum atomic E-state index is 0.687. The number of nitrogens with one attached hydrogen (secondary N) is 1. The number of hydrogen-bond acceptors (Lipinski definition) is 3. The van der Waals surface area contributed by atoms with Crippen molar-refractivity contribution in [1.29, 1.82) is 0 Å². The Balaban J connectivity index is 2.72. The molecule has 0 unspecified atom stereocenters. The molecule has 0 saturated carbocycles. The number of aryl methyl sites for hydroxylation is 2. The fourth-order valence-corrected chi connectivity index (χ4v) is 1.28. The van der Waals surface area contributed by atoms with Crippen molar-refractivity contribution in [3.05, 3.63) is 23.3 Å². The molecule has 0 aromatic heterocycles. The van der Waals surface area contributed by atoms with Crippen LogP contribution in [0.15, 0.2) is 12.1 Å². The summed E-state index contributed by atoms with van der Waals surface area (Å²) >= 11 is 0. The fourth-order valence-electron chi connectivity index (χ4n) is 1.28. The molecule has 0 aliphatic rings. The molecular formula is C11H18N2O. The Morgan fingerprint density at radius 3 is 2.57 bits per heavy atom. The van der Waals surface area contributed by atoms with Gasteiger partial charge in [0.15, 0.2) is 0 Å². The monoisotopic (exact) mass is 194 g/mol. The number of hydrogen-bond donors (Lipinski definition) is 2. The fraction of sp³-hybridized carbons (Fsp3) is 0.455. The van der Waals surface area contributed by atoms with Crippen molar-refractivity contribution in [3.8, 4) is 0 Å². The van der Waals surface area contributed by atoms with E-state index in [1.807, 2.05) is 6.07 Å². The van der Waals surface area contributed by atoms with E-state index in [0.29, 0.717) is 6.61 Å². The molecular weight excluding hydrogens is 176 g/mol. The summed E-state index contributed by atoms with van der Waals surface area (Å²) in [4.78, 5) is 0. The van der Waals surface area contributed by atoms with Crippen LogP contribution < -0.4 is 11.1 Å². The first-order valence-electron chi connectivity index (χ1n) is 4.74. The zero-order chi connectivity index (χ0) is 10.6. The SMILES string of the molecule is COCCNc1cc(C)c(C)cc1N. The normalized spacial score (nSPS) is 10.2. The Labute approximate surface area is 85.3 Å². The second kappa shape index (κ2) is 4.86. The van der Waals surface area contributed by atoms with E-state index >= 15 is 0 Å². The van der Waals surface area contributed by atoms with Gasteiger partial charge in [0.2, 0.25) is 0 Å². The van der Waals surface area contributed by atoms with Crippen LogP contribution >= 0.6 is 0 Å². The van der Waals surface area contributed by atoms with Crippen LogP contribution in [0.25, 0.3) is 0 Å². The number of methoxy groups -OCH3 is 1. The van der Waals surface area contributed by atoms with E-state index in [0.717, 1.165) is 17.9 Å². The van der Waals surface area contributed by atoms with Gasteiger partial charge in [0.1, 0.15) is 0 Å². The number of anilines is 2. The van der Waals surface area contributed by atoms with Crippen LogP contribution in [-0.2, 0) is 4.74 Å². The molecule has 0 heterocycles. The van der Waals surface area contributed by atoms with E-state index in [4.69, 9.17) is 10.5 Å². The van der Waals surface area contributed by atoms with Gasteiger partial charge in [-0.1, -0.05) is 0 Å². The summed E-state index contributed by atoms with van der Waals surface area (Å²) in [5.74, 6) is 0. The largest absolute Gasteiger partial charge is 0.397 e. The average molecular weight is 194 g/mol. The first kappa shape index (κ1) is 10.9. The molecule has 1 aromatic rings. The molecule has 0 saturated heterocycles. The van der Waals surface area contributed by atoms with Crippen molar-refractivity contribution in [2.75, 3.05) is 31.3 Å². The maximum atomic E-state index is 5.87. The van der Waals surface area contributed by atoms with Crippen molar-refractivity contribution >= 4 is 11.4 Å². The van der Waals surface area contributed by atoms with E-state index < -0.39 is 0 Å². The molecule has 3 nitrogen and oxygen atoms in total. The molecule has 0 fully saturated rings. The molecule has 1 aromatic carbocycles.